The number of anilines is 2. The van der Waals surface area contributed by atoms with E-state index < -0.39 is 17.3 Å². The van der Waals surface area contributed by atoms with Gasteiger partial charge in [0.15, 0.2) is 0 Å². The quantitative estimate of drug-likeness (QED) is 0.293. The SMILES string of the molecule is C=C(Nc1ccc(NCCC(C)(C)F)cc1F)c1c(F)cc(OCCOC)cc1N=CC. The van der Waals surface area contributed by atoms with Crippen LogP contribution in [0.5, 0.6) is 5.75 Å². The Hall–Kier alpha value is -3.00. The van der Waals surface area contributed by atoms with Crippen molar-refractivity contribution in [3.8, 4) is 5.75 Å². The van der Waals surface area contributed by atoms with Gasteiger partial charge in [0.05, 0.1) is 23.5 Å². The molecule has 0 bridgehead atoms. The zero-order chi connectivity index (χ0) is 23.7. The van der Waals surface area contributed by atoms with Gasteiger partial charge >= 0.3 is 0 Å². The van der Waals surface area contributed by atoms with Gasteiger partial charge in [0, 0.05) is 43.4 Å². The van der Waals surface area contributed by atoms with Gasteiger partial charge in [-0.3, -0.25) is 4.99 Å². The van der Waals surface area contributed by atoms with Crippen LogP contribution in [0.2, 0.25) is 0 Å². The van der Waals surface area contributed by atoms with Crippen LogP contribution >= 0.6 is 0 Å². The van der Waals surface area contributed by atoms with Crippen molar-refractivity contribution in [2.45, 2.75) is 32.9 Å². The fourth-order valence-corrected chi connectivity index (χ4v) is 2.89. The molecule has 2 N–H and O–H groups in total. The van der Waals surface area contributed by atoms with Gasteiger partial charge in [0.1, 0.15) is 29.7 Å². The van der Waals surface area contributed by atoms with Gasteiger partial charge in [0.25, 0.3) is 0 Å². The third kappa shape index (κ3) is 7.60. The van der Waals surface area contributed by atoms with E-state index in [0.29, 0.717) is 30.3 Å². The molecule has 0 atom stereocenters. The third-order valence-electron chi connectivity index (χ3n) is 4.47. The molecule has 0 fully saturated rings. The molecule has 0 aliphatic rings. The topological polar surface area (TPSA) is 54.9 Å². The summed E-state index contributed by atoms with van der Waals surface area (Å²) in [6.07, 6.45) is 1.81. The summed E-state index contributed by atoms with van der Waals surface area (Å²) in [4.78, 5) is 4.20. The first-order valence-electron chi connectivity index (χ1n) is 10.3. The highest BCUT2D eigenvalue weighted by Gasteiger charge is 2.17. The van der Waals surface area contributed by atoms with Crippen LogP contribution in [0.1, 0.15) is 32.8 Å². The van der Waals surface area contributed by atoms with Crippen LogP contribution in [0.4, 0.5) is 30.2 Å². The van der Waals surface area contributed by atoms with Gasteiger partial charge in [-0.15, -0.1) is 0 Å². The number of hydrogen-bond donors (Lipinski definition) is 2. The predicted octanol–water partition coefficient (Wildman–Crippen LogP) is 6.35. The lowest BCUT2D eigenvalue weighted by atomic mass is 10.1. The molecule has 0 saturated heterocycles. The van der Waals surface area contributed by atoms with E-state index >= 15 is 0 Å². The summed E-state index contributed by atoms with van der Waals surface area (Å²) in [6.45, 7) is 9.52. The summed E-state index contributed by atoms with van der Waals surface area (Å²) in [7, 11) is 1.54. The van der Waals surface area contributed by atoms with E-state index in [-0.39, 0.29) is 30.0 Å². The first-order valence-corrected chi connectivity index (χ1v) is 10.3. The fraction of sp³-hybridized carbons (Fsp3) is 0.375. The Morgan fingerprint density at radius 1 is 1.16 bits per heavy atom. The zero-order valence-electron chi connectivity index (χ0n) is 18.9. The minimum atomic E-state index is -1.31. The summed E-state index contributed by atoms with van der Waals surface area (Å²) >= 11 is 0. The Kier molecular flexibility index (Phi) is 9.13. The Morgan fingerprint density at radius 2 is 1.91 bits per heavy atom. The largest absolute Gasteiger partial charge is 0.491 e. The second-order valence-corrected chi connectivity index (χ2v) is 7.72. The predicted molar refractivity (Wildman–Crippen MR) is 125 cm³/mol. The average molecular weight is 450 g/mol. The van der Waals surface area contributed by atoms with Gasteiger partial charge < -0.3 is 20.1 Å². The minimum absolute atomic E-state index is 0.106. The molecule has 0 heterocycles. The Morgan fingerprint density at radius 3 is 2.53 bits per heavy atom. The van der Waals surface area contributed by atoms with E-state index in [1.54, 1.807) is 26.2 Å². The van der Waals surface area contributed by atoms with Crippen LogP contribution in [0.25, 0.3) is 5.70 Å². The second-order valence-electron chi connectivity index (χ2n) is 7.72. The van der Waals surface area contributed by atoms with E-state index in [9.17, 15) is 13.2 Å². The van der Waals surface area contributed by atoms with E-state index in [2.05, 4.69) is 22.2 Å². The first-order chi connectivity index (χ1) is 15.1. The summed E-state index contributed by atoms with van der Waals surface area (Å²) in [6, 6.07) is 7.25. The van der Waals surface area contributed by atoms with Crippen molar-refractivity contribution in [3.63, 3.8) is 0 Å². The first kappa shape index (κ1) is 25.3. The van der Waals surface area contributed by atoms with Gasteiger partial charge in [-0.2, -0.15) is 0 Å². The number of nitrogens with zero attached hydrogens (tertiary/aromatic N) is 1. The van der Waals surface area contributed by atoms with Gasteiger partial charge in [0.2, 0.25) is 0 Å². The summed E-state index contributed by atoms with van der Waals surface area (Å²) < 4.78 is 53.5. The van der Waals surface area contributed by atoms with E-state index in [1.807, 2.05) is 0 Å². The molecule has 2 aromatic rings. The van der Waals surface area contributed by atoms with Crippen molar-refractivity contribution in [2.24, 2.45) is 4.99 Å². The normalized spacial score (nSPS) is 11.6. The van der Waals surface area contributed by atoms with E-state index in [1.165, 1.54) is 38.3 Å². The highest BCUT2D eigenvalue weighted by molar-refractivity contribution is 5.83. The molecule has 0 amide bonds. The van der Waals surface area contributed by atoms with Crippen molar-refractivity contribution in [1.29, 1.82) is 0 Å². The molecular formula is C24H30F3N3O2. The number of ether oxygens (including phenoxy) is 2. The highest BCUT2D eigenvalue weighted by Crippen LogP contribution is 2.34. The number of hydrogen-bond acceptors (Lipinski definition) is 5. The molecule has 0 unspecified atom stereocenters. The van der Waals surface area contributed by atoms with Crippen molar-refractivity contribution in [3.05, 3.63) is 54.1 Å². The fourth-order valence-electron chi connectivity index (χ4n) is 2.89. The lowest BCUT2D eigenvalue weighted by molar-refractivity contribution is 0.146. The van der Waals surface area contributed by atoms with Crippen molar-refractivity contribution in [1.82, 2.24) is 0 Å². The van der Waals surface area contributed by atoms with Crippen LogP contribution in [0, 0.1) is 11.6 Å². The lowest BCUT2D eigenvalue weighted by Gasteiger charge is -2.17. The van der Waals surface area contributed by atoms with Crippen molar-refractivity contribution in [2.75, 3.05) is 37.5 Å². The van der Waals surface area contributed by atoms with E-state index in [0.717, 1.165) is 0 Å². The number of methoxy groups -OCH3 is 1. The molecule has 0 aliphatic heterocycles. The Bertz CT molecular complexity index is 956. The Labute approximate surface area is 187 Å². The number of nitrogens with one attached hydrogen (secondary N) is 2. The molecule has 8 heteroatoms. The van der Waals surface area contributed by atoms with E-state index in [4.69, 9.17) is 9.47 Å². The summed E-state index contributed by atoms with van der Waals surface area (Å²) in [5, 5.41) is 5.80. The van der Waals surface area contributed by atoms with Gasteiger partial charge in [-0.1, -0.05) is 6.58 Å². The molecule has 32 heavy (non-hydrogen) atoms. The molecule has 0 saturated carbocycles. The number of halogens is 3. The Balaban J connectivity index is 2.17. The summed E-state index contributed by atoms with van der Waals surface area (Å²) in [5.41, 5.74) is -0.123. The summed E-state index contributed by atoms with van der Waals surface area (Å²) in [5.74, 6) is -0.864. The molecular weight excluding hydrogens is 419 g/mol. The van der Waals surface area contributed by atoms with Crippen LogP contribution in [-0.4, -0.2) is 38.8 Å². The van der Waals surface area contributed by atoms with Crippen LogP contribution in [0.3, 0.4) is 0 Å². The number of benzene rings is 2. The molecule has 0 spiro atoms. The monoisotopic (exact) mass is 449 g/mol. The maximum absolute atomic E-state index is 14.9. The highest BCUT2D eigenvalue weighted by atomic mass is 19.1. The molecule has 5 nitrogen and oxygen atoms in total. The van der Waals surface area contributed by atoms with Gasteiger partial charge in [-0.25, -0.2) is 13.2 Å². The van der Waals surface area contributed by atoms with Crippen molar-refractivity contribution >= 4 is 29.0 Å². The molecule has 174 valence electrons. The lowest BCUT2D eigenvalue weighted by Crippen LogP contribution is -2.17. The minimum Gasteiger partial charge on any atom is -0.491 e. The van der Waals surface area contributed by atoms with Crippen molar-refractivity contribution < 1.29 is 22.6 Å². The van der Waals surface area contributed by atoms with Crippen LogP contribution in [-0.2, 0) is 4.74 Å². The number of rotatable bonds is 12. The molecule has 2 aromatic carbocycles. The molecule has 0 radical (unpaired) electrons. The molecule has 2 rings (SSSR count). The number of aliphatic imine (C=N–C) groups is 1. The maximum Gasteiger partial charge on any atom is 0.148 e. The van der Waals surface area contributed by atoms with Crippen LogP contribution in [0.15, 0.2) is 41.9 Å². The second kappa shape index (κ2) is 11.6. The maximum atomic E-state index is 14.9. The smallest absolute Gasteiger partial charge is 0.148 e. The average Bonchev–Trinajstić information content (AvgIpc) is 2.69. The zero-order valence-corrected chi connectivity index (χ0v) is 18.9. The number of alkyl halides is 1. The van der Waals surface area contributed by atoms with Gasteiger partial charge in [-0.05, 0) is 45.4 Å². The molecule has 0 aromatic heterocycles. The molecule has 0 aliphatic carbocycles. The van der Waals surface area contributed by atoms with Crippen LogP contribution < -0.4 is 15.4 Å². The third-order valence-corrected chi connectivity index (χ3v) is 4.47. The standard InChI is InChI=1S/C24H30F3N3O2/c1-6-28-22-15-18(32-12-11-31-5)14-20(26)23(22)16(2)30-21-8-7-17(13-19(21)25)29-10-9-24(3,4)27/h6-8,13-15,29-30H,2,9-12H2,1,3-5H3.